The van der Waals surface area contributed by atoms with Gasteiger partial charge in [0.1, 0.15) is 16.8 Å². The number of carbonyl (C=O) groups is 1. The molecule has 2 heterocycles. The predicted octanol–water partition coefficient (Wildman–Crippen LogP) is 1.42. The van der Waals surface area contributed by atoms with Crippen LogP contribution in [0.1, 0.15) is 18.3 Å². The molecule has 1 aromatic heterocycles. The Morgan fingerprint density at radius 2 is 1.78 bits per heavy atom. The van der Waals surface area contributed by atoms with Crippen LogP contribution in [0.15, 0.2) is 0 Å². The number of halogens is 1. The van der Waals surface area contributed by atoms with Crippen LogP contribution in [0, 0.1) is 13.8 Å². The van der Waals surface area contributed by atoms with Crippen LogP contribution in [-0.2, 0) is 4.79 Å². The van der Waals surface area contributed by atoms with Crippen LogP contribution in [0.5, 0.6) is 0 Å². The Morgan fingerprint density at radius 3 is 2.33 bits per heavy atom. The molecule has 0 radical (unpaired) electrons. The van der Waals surface area contributed by atoms with Crippen LogP contribution in [0.2, 0.25) is 5.15 Å². The Morgan fingerprint density at radius 1 is 1.17 bits per heavy atom. The van der Waals surface area contributed by atoms with Gasteiger partial charge in [-0.05, 0) is 13.8 Å². The topological polar surface area (TPSA) is 49.3 Å². The van der Waals surface area contributed by atoms with Crippen LogP contribution in [-0.4, -0.2) is 47.0 Å². The summed E-state index contributed by atoms with van der Waals surface area (Å²) in [5.74, 6) is 1.69. The van der Waals surface area contributed by atoms with Gasteiger partial charge in [0, 0.05) is 38.7 Å². The number of carbonyl (C=O) groups excluding carboxylic acids is 1. The van der Waals surface area contributed by atoms with Crippen LogP contribution in [0.25, 0.3) is 0 Å². The SMILES string of the molecule is CC(=O)N1CCN(c2nc(C)nc(Cl)c2C)CC1. The summed E-state index contributed by atoms with van der Waals surface area (Å²) < 4.78 is 0. The summed E-state index contributed by atoms with van der Waals surface area (Å²) in [6, 6.07) is 0. The minimum Gasteiger partial charge on any atom is -0.353 e. The Hall–Kier alpha value is -1.36. The first-order chi connectivity index (χ1) is 8.49. The van der Waals surface area contributed by atoms with Crippen molar-refractivity contribution in [3.63, 3.8) is 0 Å². The summed E-state index contributed by atoms with van der Waals surface area (Å²) >= 11 is 6.08. The summed E-state index contributed by atoms with van der Waals surface area (Å²) in [7, 11) is 0. The summed E-state index contributed by atoms with van der Waals surface area (Å²) in [6.45, 7) is 8.40. The zero-order valence-corrected chi connectivity index (χ0v) is 11.7. The van der Waals surface area contributed by atoms with Gasteiger partial charge in [-0.2, -0.15) is 0 Å². The molecule has 0 unspecified atom stereocenters. The third-order valence-electron chi connectivity index (χ3n) is 3.20. The van der Waals surface area contributed by atoms with Crippen molar-refractivity contribution >= 4 is 23.3 Å². The van der Waals surface area contributed by atoms with E-state index in [0.29, 0.717) is 11.0 Å². The highest BCUT2D eigenvalue weighted by Gasteiger charge is 2.21. The average Bonchev–Trinajstić information content (AvgIpc) is 2.34. The molecule has 1 saturated heterocycles. The highest BCUT2D eigenvalue weighted by molar-refractivity contribution is 6.30. The maximum atomic E-state index is 11.3. The summed E-state index contributed by atoms with van der Waals surface area (Å²) in [6.07, 6.45) is 0. The largest absolute Gasteiger partial charge is 0.353 e. The van der Waals surface area contributed by atoms with Crippen LogP contribution in [0.4, 0.5) is 5.82 Å². The molecule has 0 spiro atoms. The van der Waals surface area contributed by atoms with Crippen molar-refractivity contribution in [2.75, 3.05) is 31.1 Å². The van der Waals surface area contributed by atoms with E-state index in [1.54, 1.807) is 6.92 Å². The van der Waals surface area contributed by atoms with E-state index in [9.17, 15) is 4.79 Å². The van der Waals surface area contributed by atoms with Crippen LogP contribution >= 0.6 is 11.6 Å². The lowest BCUT2D eigenvalue weighted by Gasteiger charge is -2.35. The van der Waals surface area contributed by atoms with E-state index in [1.165, 1.54) is 0 Å². The van der Waals surface area contributed by atoms with E-state index in [4.69, 9.17) is 11.6 Å². The monoisotopic (exact) mass is 268 g/mol. The van der Waals surface area contributed by atoms with Crippen molar-refractivity contribution < 1.29 is 4.79 Å². The lowest BCUT2D eigenvalue weighted by molar-refractivity contribution is -0.129. The second-order valence-electron chi connectivity index (χ2n) is 4.50. The minimum atomic E-state index is 0.128. The highest BCUT2D eigenvalue weighted by atomic mass is 35.5. The van der Waals surface area contributed by atoms with Gasteiger partial charge in [-0.1, -0.05) is 11.6 Å². The number of aromatic nitrogens is 2. The Balaban J connectivity index is 2.17. The van der Waals surface area contributed by atoms with Gasteiger partial charge in [0.05, 0.1) is 0 Å². The number of anilines is 1. The van der Waals surface area contributed by atoms with Gasteiger partial charge in [-0.25, -0.2) is 9.97 Å². The van der Waals surface area contributed by atoms with Gasteiger partial charge in [-0.3, -0.25) is 4.79 Å². The summed E-state index contributed by atoms with van der Waals surface area (Å²) in [5.41, 5.74) is 0.901. The molecule has 2 rings (SSSR count). The molecule has 0 atom stereocenters. The fourth-order valence-electron chi connectivity index (χ4n) is 2.12. The molecule has 0 saturated carbocycles. The van der Waals surface area contributed by atoms with Gasteiger partial charge in [0.2, 0.25) is 5.91 Å². The number of piperazine rings is 1. The van der Waals surface area contributed by atoms with E-state index in [0.717, 1.165) is 37.6 Å². The Kier molecular flexibility index (Phi) is 3.71. The Labute approximate surface area is 112 Å². The zero-order chi connectivity index (χ0) is 13.3. The van der Waals surface area contributed by atoms with Gasteiger partial charge in [-0.15, -0.1) is 0 Å². The maximum absolute atomic E-state index is 11.3. The van der Waals surface area contributed by atoms with E-state index in [-0.39, 0.29) is 5.91 Å². The van der Waals surface area contributed by atoms with Crippen molar-refractivity contribution in [1.82, 2.24) is 14.9 Å². The second-order valence-corrected chi connectivity index (χ2v) is 4.86. The van der Waals surface area contributed by atoms with Crippen molar-refractivity contribution in [1.29, 1.82) is 0 Å². The molecule has 98 valence electrons. The molecule has 1 aliphatic rings. The quantitative estimate of drug-likeness (QED) is 0.723. The fraction of sp³-hybridized carbons (Fsp3) is 0.583. The second kappa shape index (κ2) is 5.10. The fourth-order valence-corrected chi connectivity index (χ4v) is 2.33. The number of hydrogen-bond donors (Lipinski definition) is 0. The average molecular weight is 269 g/mol. The first-order valence-electron chi connectivity index (χ1n) is 6.00. The summed E-state index contributed by atoms with van der Waals surface area (Å²) in [4.78, 5) is 23.9. The smallest absolute Gasteiger partial charge is 0.219 e. The normalized spacial score (nSPS) is 16.0. The third-order valence-corrected chi connectivity index (χ3v) is 3.57. The molecule has 5 nitrogen and oxygen atoms in total. The molecular formula is C12H17ClN4O. The predicted molar refractivity (Wildman–Crippen MR) is 71.0 cm³/mol. The number of amides is 1. The standard InChI is InChI=1S/C12H17ClN4O/c1-8-11(13)14-9(2)15-12(8)17-6-4-16(5-7-17)10(3)18/h4-7H2,1-3H3. The lowest BCUT2D eigenvalue weighted by Crippen LogP contribution is -2.48. The first kappa shape index (κ1) is 13.1. The molecule has 1 aromatic rings. The number of hydrogen-bond acceptors (Lipinski definition) is 4. The van der Waals surface area contributed by atoms with Gasteiger partial charge < -0.3 is 9.80 Å². The molecule has 0 aromatic carbocycles. The van der Waals surface area contributed by atoms with Gasteiger partial charge >= 0.3 is 0 Å². The molecule has 0 N–H and O–H groups in total. The van der Waals surface area contributed by atoms with Crippen LogP contribution in [0.3, 0.4) is 0 Å². The molecule has 0 bridgehead atoms. The minimum absolute atomic E-state index is 0.128. The molecular weight excluding hydrogens is 252 g/mol. The van der Waals surface area contributed by atoms with E-state index < -0.39 is 0 Å². The van der Waals surface area contributed by atoms with Gasteiger partial charge in [0.25, 0.3) is 0 Å². The molecule has 1 amide bonds. The molecule has 18 heavy (non-hydrogen) atoms. The van der Waals surface area contributed by atoms with Crippen molar-refractivity contribution in [3.05, 3.63) is 16.5 Å². The van der Waals surface area contributed by atoms with E-state index in [1.807, 2.05) is 18.7 Å². The number of nitrogens with zero attached hydrogens (tertiary/aromatic N) is 4. The first-order valence-corrected chi connectivity index (χ1v) is 6.38. The molecule has 6 heteroatoms. The molecule has 1 aliphatic heterocycles. The molecule has 0 aliphatic carbocycles. The van der Waals surface area contributed by atoms with Crippen molar-refractivity contribution in [2.24, 2.45) is 0 Å². The zero-order valence-electron chi connectivity index (χ0n) is 10.9. The van der Waals surface area contributed by atoms with Crippen LogP contribution < -0.4 is 4.90 Å². The van der Waals surface area contributed by atoms with Crippen molar-refractivity contribution in [3.8, 4) is 0 Å². The highest BCUT2D eigenvalue weighted by Crippen LogP contribution is 2.24. The van der Waals surface area contributed by atoms with Gasteiger partial charge in [0.15, 0.2) is 0 Å². The number of rotatable bonds is 1. The molecule has 1 fully saturated rings. The third kappa shape index (κ3) is 2.56. The van der Waals surface area contributed by atoms with E-state index >= 15 is 0 Å². The lowest BCUT2D eigenvalue weighted by atomic mass is 10.2. The van der Waals surface area contributed by atoms with E-state index in [2.05, 4.69) is 14.9 Å². The Bertz CT molecular complexity index is 469. The summed E-state index contributed by atoms with van der Waals surface area (Å²) in [5, 5.41) is 0.506. The van der Waals surface area contributed by atoms with Crippen molar-refractivity contribution in [2.45, 2.75) is 20.8 Å². The maximum Gasteiger partial charge on any atom is 0.219 e. The number of aryl methyl sites for hydroxylation is 1.